The number of carboxylic acids is 1. The van der Waals surface area contributed by atoms with Crippen molar-refractivity contribution in [1.29, 1.82) is 0 Å². The van der Waals surface area contributed by atoms with E-state index in [1.165, 1.54) is 30.9 Å². The topological polar surface area (TPSA) is 210 Å². The minimum atomic E-state index is -0.974. The summed E-state index contributed by atoms with van der Waals surface area (Å²) in [4.78, 5) is 68.8. The monoisotopic (exact) mass is 724 g/mol. The van der Waals surface area contributed by atoms with Crippen LogP contribution in [-0.2, 0) is 17.9 Å². The van der Waals surface area contributed by atoms with Gasteiger partial charge in [0, 0.05) is 50.8 Å². The van der Waals surface area contributed by atoms with Crippen molar-refractivity contribution in [3.05, 3.63) is 88.1 Å². The Kier molecular flexibility index (Phi) is 10.8. The number of hydrogen-bond acceptors (Lipinski definition) is 12. The molecule has 1 aliphatic carbocycles. The van der Waals surface area contributed by atoms with Crippen LogP contribution in [0.15, 0.2) is 59.7 Å². The number of aromatic amines is 2. The van der Waals surface area contributed by atoms with Gasteiger partial charge in [-0.05, 0) is 48.2 Å². The maximum Gasteiger partial charge on any atom is 0.326 e. The lowest BCUT2D eigenvalue weighted by molar-refractivity contribution is -0.138. The largest absolute Gasteiger partial charge is 0.480 e. The molecule has 1 unspecified atom stereocenters. The van der Waals surface area contributed by atoms with Crippen molar-refractivity contribution in [2.24, 2.45) is 5.92 Å². The second-order valence-corrected chi connectivity index (χ2v) is 13.4. The first-order chi connectivity index (χ1) is 25.8. The third-order valence-electron chi connectivity index (χ3n) is 9.60. The molecule has 6 N–H and O–H groups in total. The summed E-state index contributed by atoms with van der Waals surface area (Å²) in [6, 6.07) is 11.2. The van der Waals surface area contributed by atoms with Gasteiger partial charge in [-0.3, -0.25) is 14.5 Å². The van der Waals surface area contributed by atoms with Crippen molar-refractivity contribution < 1.29 is 19.1 Å². The molecule has 1 aliphatic heterocycles. The zero-order chi connectivity index (χ0) is 36.7. The highest BCUT2D eigenvalue weighted by Gasteiger charge is 2.26. The molecule has 2 fully saturated rings. The van der Waals surface area contributed by atoms with Crippen molar-refractivity contribution in [3.8, 4) is 0 Å². The van der Waals surface area contributed by atoms with Gasteiger partial charge in [0.05, 0.1) is 17.6 Å². The number of nitrogens with zero attached hydrogens (tertiary/aromatic N) is 7. The molecule has 3 aromatic heterocycles. The smallest absolute Gasteiger partial charge is 0.326 e. The number of anilines is 4. The van der Waals surface area contributed by atoms with E-state index in [1.807, 2.05) is 24.3 Å². The first-order valence-electron chi connectivity index (χ1n) is 17.8. The highest BCUT2D eigenvalue weighted by molar-refractivity contribution is 5.92. The van der Waals surface area contributed by atoms with Gasteiger partial charge in [0.2, 0.25) is 17.8 Å². The lowest BCUT2D eigenvalue weighted by atomic mass is 9.85. The van der Waals surface area contributed by atoms with Gasteiger partial charge >= 0.3 is 5.97 Å². The summed E-state index contributed by atoms with van der Waals surface area (Å²) >= 11 is 0. The zero-order valence-electron chi connectivity index (χ0n) is 29.0. The number of fused-ring (bicyclic) bond motifs is 1. The molecule has 17 heteroatoms. The van der Waals surface area contributed by atoms with Crippen LogP contribution in [0.25, 0.3) is 11.0 Å². The lowest BCUT2D eigenvalue weighted by Crippen LogP contribution is -2.49. The molecule has 1 atom stereocenters. The van der Waals surface area contributed by atoms with E-state index in [-0.39, 0.29) is 41.8 Å². The minimum Gasteiger partial charge on any atom is -0.480 e. The molecule has 1 saturated carbocycles. The zero-order valence-corrected chi connectivity index (χ0v) is 29.0. The Labute approximate surface area is 303 Å². The van der Waals surface area contributed by atoms with Gasteiger partial charge in [0.25, 0.3) is 11.5 Å². The normalized spacial score (nSPS) is 16.0. The Morgan fingerprint density at radius 2 is 1.75 bits per heavy atom. The molecular formula is C36H41FN12O4. The van der Waals surface area contributed by atoms with E-state index in [0.29, 0.717) is 67.6 Å². The second kappa shape index (κ2) is 16.1. The number of aliphatic carboxylic acids is 1. The van der Waals surface area contributed by atoms with Crippen LogP contribution in [0.1, 0.15) is 60.4 Å². The van der Waals surface area contributed by atoms with Crippen molar-refractivity contribution in [2.75, 3.05) is 42.1 Å². The van der Waals surface area contributed by atoms with Crippen LogP contribution >= 0.6 is 0 Å². The molecule has 2 aliphatic rings. The Morgan fingerprint density at radius 1 is 0.962 bits per heavy atom. The standard InChI is InChI=1S/C36H41FN12O4/c37-24-9-10-26-27(19-24)43-29(42-26)20-40-34-45-35(47-36(46-34)44-28(33(52)53)18-22-5-2-1-3-6-22)41-25-8-4-7-23(17-25)21-48-13-15-49(16-14-48)32(51)30-31(50)39-12-11-38-30/h4,7-12,17,19,22,28H,1-3,5-6,13-16,18,20-21H2,(H,39,50)(H,42,43)(H,52,53)(H3,40,41,44,45,46,47). The number of amides is 1. The Bertz CT molecular complexity index is 2130. The van der Waals surface area contributed by atoms with Gasteiger partial charge in [-0.2, -0.15) is 15.0 Å². The quantitative estimate of drug-likeness (QED) is 0.101. The fourth-order valence-electron chi connectivity index (χ4n) is 6.89. The molecule has 2 aromatic carbocycles. The maximum absolute atomic E-state index is 13.7. The van der Waals surface area contributed by atoms with Crippen LogP contribution in [0.4, 0.5) is 27.9 Å². The van der Waals surface area contributed by atoms with Crippen molar-refractivity contribution >= 4 is 46.4 Å². The molecule has 276 valence electrons. The Morgan fingerprint density at radius 3 is 2.55 bits per heavy atom. The molecule has 53 heavy (non-hydrogen) atoms. The molecule has 1 saturated heterocycles. The predicted molar refractivity (Wildman–Crippen MR) is 195 cm³/mol. The first kappa shape index (κ1) is 35.4. The SMILES string of the molecule is O=C(O)C(CC1CCCCC1)Nc1nc(NCc2nc3ccc(F)cc3[nH]2)nc(Nc2cccc(CN3CCN(C(=O)c4ncc[nH]c4=O)CC3)c2)n1. The van der Waals surface area contributed by atoms with E-state index in [9.17, 15) is 23.9 Å². The summed E-state index contributed by atoms with van der Waals surface area (Å²) in [5.74, 6) is -0.377. The first-order valence-corrected chi connectivity index (χ1v) is 17.8. The molecular weight excluding hydrogens is 683 g/mol. The van der Waals surface area contributed by atoms with E-state index in [4.69, 9.17) is 0 Å². The van der Waals surface area contributed by atoms with Crippen molar-refractivity contribution in [1.82, 2.24) is 44.7 Å². The number of nitrogens with one attached hydrogen (secondary N) is 5. The van der Waals surface area contributed by atoms with Crippen LogP contribution in [0.5, 0.6) is 0 Å². The molecule has 4 heterocycles. The molecule has 16 nitrogen and oxygen atoms in total. The van der Waals surface area contributed by atoms with E-state index >= 15 is 0 Å². The average Bonchev–Trinajstić information content (AvgIpc) is 3.56. The number of benzene rings is 2. The molecule has 0 radical (unpaired) electrons. The van der Waals surface area contributed by atoms with Crippen molar-refractivity contribution in [2.45, 2.75) is 57.7 Å². The number of hydrogen-bond donors (Lipinski definition) is 6. The summed E-state index contributed by atoms with van der Waals surface area (Å²) in [6.45, 7) is 2.99. The van der Waals surface area contributed by atoms with Gasteiger partial charge in [-0.15, -0.1) is 0 Å². The van der Waals surface area contributed by atoms with Crippen LogP contribution in [0.2, 0.25) is 0 Å². The summed E-state index contributed by atoms with van der Waals surface area (Å²) in [6.07, 6.45) is 8.64. The van der Waals surface area contributed by atoms with Crippen LogP contribution in [-0.4, -0.2) is 93.9 Å². The number of H-pyrrole nitrogens is 2. The van der Waals surface area contributed by atoms with Gasteiger partial charge in [-0.25, -0.2) is 19.2 Å². The van der Waals surface area contributed by atoms with Gasteiger partial charge < -0.3 is 35.9 Å². The van der Waals surface area contributed by atoms with Gasteiger partial charge in [0.1, 0.15) is 17.7 Å². The number of carbonyl (C=O) groups excluding carboxylic acids is 1. The maximum atomic E-state index is 13.7. The van der Waals surface area contributed by atoms with E-state index in [2.05, 4.69) is 55.7 Å². The number of piperazine rings is 1. The van der Waals surface area contributed by atoms with Gasteiger partial charge in [0.15, 0.2) is 5.69 Å². The molecule has 1 amide bonds. The Hall–Kier alpha value is -5.97. The van der Waals surface area contributed by atoms with E-state index < -0.39 is 17.6 Å². The number of rotatable bonds is 13. The summed E-state index contributed by atoms with van der Waals surface area (Å²) in [5, 5.41) is 19.5. The third kappa shape index (κ3) is 9.10. The number of aromatic nitrogens is 7. The number of carbonyl (C=O) groups is 2. The van der Waals surface area contributed by atoms with E-state index in [1.54, 1.807) is 11.0 Å². The summed E-state index contributed by atoms with van der Waals surface area (Å²) < 4.78 is 13.7. The molecule has 0 spiro atoms. The Balaban J connectivity index is 1.04. The number of carboxylic acid groups (broad SMARTS) is 1. The predicted octanol–water partition coefficient (Wildman–Crippen LogP) is 4.12. The fraction of sp³-hybridized carbons (Fsp3) is 0.389. The van der Waals surface area contributed by atoms with Crippen molar-refractivity contribution in [3.63, 3.8) is 0 Å². The second-order valence-electron chi connectivity index (χ2n) is 13.4. The molecule has 5 aromatic rings. The summed E-state index contributed by atoms with van der Waals surface area (Å²) in [7, 11) is 0. The fourth-order valence-corrected chi connectivity index (χ4v) is 6.89. The lowest BCUT2D eigenvalue weighted by Gasteiger charge is -2.34. The molecule has 0 bridgehead atoms. The molecule has 7 rings (SSSR count). The third-order valence-corrected chi connectivity index (χ3v) is 9.60. The van der Waals surface area contributed by atoms with Gasteiger partial charge in [-0.1, -0.05) is 44.2 Å². The van der Waals surface area contributed by atoms with Crippen LogP contribution in [0, 0.1) is 11.7 Å². The van der Waals surface area contributed by atoms with E-state index in [0.717, 1.165) is 31.2 Å². The number of imidazole rings is 1. The highest BCUT2D eigenvalue weighted by atomic mass is 19.1. The minimum absolute atomic E-state index is 0.108. The summed E-state index contributed by atoms with van der Waals surface area (Å²) in [5.41, 5.74) is 2.30. The average molecular weight is 725 g/mol. The van der Waals surface area contributed by atoms with Crippen LogP contribution in [0.3, 0.4) is 0 Å². The number of halogens is 1. The van der Waals surface area contributed by atoms with Crippen LogP contribution < -0.4 is 21.5 Å². The highest BCUT2D eigenvalue weighted by Crippen LogP contribution is 2.28.